The molecule has 0 radical (unpaired) electrons. The van der Waals surface area contributed by atoms with Crippen LogP contribution in [0.1, 0.15) is 12.5 Å². The average Bonchev–Trinajstić information content (AvgIpc) is 2.03. The zero-order valence-corrected chi connectivity index (χ0v) is 8.54. The van der Waals surface area contributed by atoms with Gasteiger partial charge in [-0.2, -0.15) is 0 Å². The number of hydrogen-bond acceptors (Lipinski definition) is 4. The lowest BCUT2D eigenvalue weighted by Gasteiger charge is -2.04. The smallest absolute Gasteiger partial charge is 0.190 e. The Labute approximate surface area is 80.7 Å². The summed E-state index contributed by atoms with van der Waals surface area (Å²) in [5.74, 6) is 0.488. The van der Waals surface area contributed by atoms with Crippen molar-refractivity contribution in [1.82, 2.24) is 9.97 Å². The van der Waals surface area contributed by atoms with Crippen molar-refractivity contribution in [3.63, 3.8) is 0 Å². The second-order valence-corrected chi connectivity index (χ2v) is 3.35. The van der Waals surface area contributed by atoms with E-state index >= 15 is 0 Å². The Morgan fingerprint density at radius 3 is 2.58 bits per heavy atom. The van der Waals surface area contributed by atoms with Crippen LogP contribution in [0.15, 0.2) is 5.16 Å². The molecule has 5 heteroatoms. The number of nitrogen functional groups attached to an aromatic ring is 1. The maximum atomic E-state index is 5.87. The normalized spacial score (nSPS) is 10.2. The number of aromatic nitrogens is 2. The molecule has 12 heavy (non-hydrogen) atoms. The first-order valence-electron chi connectivity index (χ1n) is 3.55. The van der Waals surface area contributed by atoms with E-state index in [1.54, 1.807) is 0 Å². The van der Waals surface area contributed by atoms with Crippen molar-refractivity contribution in [1.29, 1.82) is 0 Å². The van der Waals surface area contributed by atoms with Gasteiger partial charge in [0.2, 0.25) is 0 Å². The van der Waals surface area contributed by atoms with Crippen molar-refractivity contribution >= 4 is 29.2 Å². The molecule has 3 nitrogen and oxygen atoms in total. The first-order valence-corrected chi connectivity index (χ1v) is 5.15. The minimum atomic E-state index is 0.467. The maximum Gasteiger partial charge on any atom is 0.190 e. The molecule has 0 bridgehead atoms. The fourth-order valence-electron chi connectivity index (χ4n) is 0.871. The van der Waals surface area contributed by atoms with Crippen LogP contribution in [0.4, 0.5) is 5.82 Å². The van der Waals surface area contributed by atoms with Crippen molar-refractivity contribution in [2.45, 2.75) is 18.5 Å². The minimum Gasteiger partial charge on any atom is -0.383 e. The molecule has 0 amide bonds. The Balaban J connectivity index is 3.18. The Morgan fingerprint density at radius 2 is 2.17 bits per heavy atom. The Morgan fingerprint density at radius 1 is 1.50 bits per heavy atom. The molecule has 1 aromatic heterocycles. The van der Waals surface area contributed by atoms with Gasteiger partial charge < -0.3 is 5.73 Å². The quantitative estimate of drug-likeness (QED) is 0.454. The van der Waals surface area contributed by atoms with Gasteiger partial charge in [-0.15, -0.1) is 0 Å². The molecule has 1 rings (SSSR count). The number of halogens is 1. The highest BCUT2D eigenvalue weighted by Gasteiger charge is 2.07. The monoisotopic (exact) mass is 203 g/mol. The highest BCUT2D eigenvalue weighted by Crippen LogP contribution is 2.22. The standard InChI is InChI=1S/C7H10ClN3S/c1-3-4-5(8)10-7(12-2)11-6(4)9/h3H2,1-2H3,(H2,9,10,11). The van der Waals surface area contributed by atoms with Gasteiger partial charge in [-0.25, -0.2) is 9.97 Å². The van der Waals surface area contributed by atoms with Crippen molar-refractivity contribution in [3.05, 3.63) is 10.7 Å². The fraction of sp³-hybridized carbons (Fsp3) is 0.429. The number of nitrogens with zero attached hydrogens (tertiary/aromatic N) is 2. The minimum absolute atomic E-state index is 0.467. The van der Waals surface area contributed by atoms with Gasteiger partial charge in [0.05, 0.1) is 0 Å². The van der Waals surface area contributed by atoms with Crippen LogP contribution in [-0.4, -0.2) is 16.2 Å². The highest BCUT2D eigenvalue weighted by molar-refractivity contribution is 7.98. The van der Waals surface area contributed by atoms with Gasteiger partial charge in [-0.1, -0.05) is 30.3 Å². The summed E-state index contributed by atoms with van der Waals surface area (Å²) in [5.41, 5.74) is 6.49. The van der Waals surface area contributed by atoms with E-state index in [0.29, 0.717) is 16.1 Å². The first kappa shape index (κ1) is 9.61. The summed E-state index contributed by atoms with van der Waals surface area (Å²) in [6.07, 6.45) is 2.65. The lowest BCUT2D eigenvalue weighted by Crippen LogP contribution is -2.01. The van der Waals surface area contributed by atoms with Gasteiger partial charge in [0.1, 0.15) is 11.0 Å². The van der Waals surface area contributed by atoms with Crippen LogP contribution in [0.25, 0.3) is 0 Å². The molecule has 0 saturated carbocycles. The third-order valence-corrected chi connectivity index (χ3v) is 2.36. The summed E-state index contributed by atoms with van der Waals surface area (Å²) in [4.78, 5) is 8.13. The van der Waals surface area contributed by atoms with Gasteiger partial charge in [-0.05, 0) is 12.7 Å². The molecule has 66 valence electrons. The second-order valence-electron chi connectivity index (χ2n) is 2.22. The number of nitrogens with two attached hydrogens (primary N) is 1. The Bertz CT molecular complexity index is 267. The SMILES string of the molecule is CCc1c(N)nc(SC)nc1Cl. The summed E-state index contributed by atoms with van der Waals surface area (Å²) in [6, 6.07) is 0. The Kier molecular flexibility index (Phi) is 3.17. The molecular formula is C7H10ClN3S. The number of anilines is 1. The van der Waals surface area contributed by atoms with E-state index in [9.17, 15) is 0 Å². The highest BCUT2D eigenvalue weighted by atomic mass is 35.5. The molecule has 0 aliphatic rings. The van der Waals surface area contributed by atoms with Crippen LogP contribution in [0, 0.1) is 0 Å². The zero-order valence-electron chi connectivity index (χ0n) is 6.97. The zero-order chi connectivity index (χ0) is 9.14. The van der Waals surface area contributed by atoms with E-state index in [2.05, 4.69) is 9.97 Å². The number of thioether (sulfide) groups is 1. The fourth-order valence-corrected chi connectivity index (χ4v) is 1.60. The van der Waals surface area contributed by atoms with Crippen LogP contribution in [-0.2, 0) is 6.42 Å². The van der Waals surface area contributed by atoms with Crippen LogP contribution < -0.4 is 5.73 Å². The van der Waals surface area contributed by atoms with E-state index < -0.39 is 0 Å². The molecule has 0 aromatic carbocycles. The summed E-state index contributed by atoms with van der Waals surface area (Å²) < 4.78 is 0. The molecule has 0 aliphatic carbocycles. The van der Waals surface area contributed by atoms with Crippen molar-refractivity contribution in [3.8, 4) is 0 Å². The number of rotatable bonds is 2. The lowest BCUT2D eigenvalue weighted by molar-refractivity contribution is 0.939. The third kappa shape index (κ3) is 1.81. The first-order chi connectivity index (χ1) is 5.69. The van der Waals surface area contributed by atoms with Crippen molar-refractivity contribution < 1.29 is 0 Å². The third-order valence-electron chi connectivity index (χ3n) is 1.50. The van der Waals surface area contributed by atoms with Gasteiger partial charge in [0.25, 0.3) is 0 Å². The summed E-state index contributed by atoms with van der Waals surface area (Å²) >= 11 is 7.30. The molecule has 2 N–H and O–H groups in total. The molecule has 1 heterocycles. The number of hydrogen-bond donors (Lipinski definition) is 1. The predicted octanol–water partition coefficient (Wildman–Crippen LogP) is 2.00. The van der Waals surface area contributed by atoms with Crippen molar-refractivity contribution in [2.24, 2.45) is 0 Å². The summed E-state index contributed by atoms with van der Waals surface area (Å²) in [7, 11) is 0. The molecular weight excluding hydrogens is 194 g/mol. The predicted molar refractivity (Wildman–Crippen MR) is 52.6 cm³/mol. The van der Waals surface area contributed by atoms with E-state index in [1.165, 1.54) is 11.8 Å². The average molecular weight is 204 g/mol. The second kappa shape index (κ2) is 3.96. The van der Waals surface area contributed by atoms with Gasteiger partial charge in [-0.3, -0.25) is 0 Å². The van der Waals surface area contributed by atoms with Crippen LogP contribution in [0.5, 0.6) is 0 Å². The van der Waals surface area contributed by atoms with Crippen LogP contribution >= 0.6 is 23.4 Å². The van der Waals surface area contributed by atoms with Crippen LogP contribution in [0.2, 0.25) is 5.15 Å². The molecule has 0 fully saturated rings. The van der Waals surface area contributed by atoms with Gasteiger partial charge >= 0.3 is 0 Å². The van der Waals surface area contributed by atoms with Crippen LogP contribution in [0.3, 0.4) is 0 Å². The molecule has 0 aliphatic heterocycles. The van der Waals surface area contributed by atoms with E-state index in [1.807, 2.05) is 13.2 Å². The molecule has 1 aromatic rings. The largest absolute Gasteiger partial charge is 0.383 e. The Hall–Kier alpha value is -0.480. The van der Waals surface area contributed by atoms with Crippen molar-refractivity contribution in [2.75, 3.05) is 12.0 Å². The van der Waals surface area contributed by atoms with Gasteiger partial charge in [0, 0.05) is 5.56 Å². The summed E-state index contributed by atoms with van der Waals surface area (Å²) in [5, 5.41) is 1.09. The summed E-state index contributed by atoms with van der Waals surface area (Å²) in [6.45, 7) is 1.97. The molecule has 0 unspecified atom stereocenters. The topological polar surface area (TPSA) is 51.8 Å². The molecule has 0 spiro atoms. The van der Waals surface area contributed by atoms with E-state index in [-0.39, 0.29) is 0 Å². The molecule has 0 saturated heterocycles. The lowest BCUT2D eigenvalue weighted by atomic mass is 10.2. The van der Waals surface area contributed by atoms with E-state index in [0.717, 1.165) is 12.0 Å². The van der Waals surface area contributed by atoms with E-state index in [4.69, 9.17) is 17.3 Å². The van der Waals surface area contributed by atoms with Gasteiger partial charge in [0.15, 0.2) is 5.16 Å². The molecule has 0 atom stereocenters. The maximum absolute atomic E-state index is 5.87.